The average Bonchev–Trinajstić information content (AvgIpc) is 2.85. The lowest BCUT2D eigenvalue weighted by molar-refractivity contribution is -0.138. The monoisotopic (exact) mass is 527 g/mol. The maximum absolute atomic E-state index is 13.8. The summed E-state index contributed by atoms with van der Waals surface area (Å²) in [5, 5.41) is 22.2. The first-order valence-electron chi connectivity index (χ1n) is 11.9. The minimum Gasteiger partial charge on any atom is -0.497 e. The number of ether oxygens (including phenoxy) is 2. The number of rotatable bonds is 10. The summed E-state index contributed by atoms with van der Waals surface area (Å²) in [5.41, 5.74) is -2.55. The molecule has 3 rings (SSSR count). The number of methoxy groups -OCH3 is 1. The molecule has 1 aromatic carbocycles. The largest absolute Gasteiger partial charge is 0.497 e. The second-order valence-electron chi connectivity index (χ2n) is 8.94. The summed E-state index contributed by atoms with van der Waals surface area (Å²) in [6, 6.07) is 5.46. The lowest BCUT2D eigenvalue weighted by Crippen LogP contribution is -2.54. The van der Waals surface area contributed by atoms with Crippen LogP contribution < -0.4 is 26.2 Å². The molecule has 0 bridgehead atoms. The van der Waals surface area contributed by atoms with Crippen LogP contribution in [0.3, 0.4) is 0 Å². The zero-order chi connectivity index (χ0) is 27.2. The van der Waals surface area contributed by atoms with E-state index in [2.05, 4.69) is 21.0 Å². The van der Waals surface area contributed by atoms with Gasteiger partial charge in [0.1, 0.15) is 17.4 Å². The quantitative estimate of drug-likeness (QED) is 0.365. The Kier molecular flexibility index (Phi) is 9.51. The van der Waals surface area contributed by atoms with Crippen LogP contribution in [0.4, 0.5) is 18.9 Å². The lowest BCUT2D eigenvalue weighted by Gasteiger charge is -2.30. The highest BCUT2D eigenvalue weighted by molar-refractivity contribution is 5.80. The number of benzene rings is 1. The highest BCUT2D eigenvalue weighted by Gasteiger charge is 2.38. The van der Waals surface area contributed by atoms with Crippen LogP contribution in [0.1, 0.15) is 31.4 Å². The number of aliphatic hydroxyl groups is 1. The molecule has 1 unspecified atom stereocenters. The number of nitrogens with one attached hydrogen (secondary N) is 3. The maximum atomic E-state index is 13.8. The number of β-amino-alcohol motifs (C(OH)–C–C–N with tert-alkyl or cyclic N) is 1. The fourth-order valence-corrected chi connectivity index (χ4v) is 3.87. The Balaban J connectivity index is 1.64. The number of nitrogens with zero attached hydrogens (tertiary/aromatic N) is 2. The van der Waals surface area contributed by atoms with Crippen LogP contribution in [-0.4, -0.2) is 71.9 Å². The Labute approximate surface area is 212 Å². The summed E-state index contributed by atoms with van der Waals surface area (Å²) >= 11 is 0. The number of anilines is 1. The van der Waals surface area contributed by atoms with Crippen molar-refractivity contribution in [2.75, 3.05) is 32.1 Å². The number of halogens is 3. The highest BCUT2D eigenvalue weighted by Crippen LogP contribution is 2.32. The summed E-state index contributed by atoms with van der Waals surface area (Å²) < 4.78 is 52.9. The van der Waals surface area contributed by atoms with Gasteiger partial charge in [-0.05, 0) is 44.5 Å². The Hall–Kier alpha value is -3.16. The van der Waals surface area contributed by atoms with Crippen LogP contribution in [0.15, 0.2) is 35.3 Å². The van der Waals surface area contributed by atoms with Crippen LogP contribution >= 0.6 is 0 Å². The van der Waals surface area contributed by atoms with Crippen molar-refractivity contribution in [3.63, 3.8) is 0 Å². The van der Waals surface area contributed by atoms with Crippen molar-refractivity contribution in [3.8, 4) is 5.75 Å². The second-order valence-corrected chi connectivity index (χ2v) is 8.94. The number of carbonyl (C=O) groups is 1. The first-order chi connectivity index (χ1) is 17.5. The highest BCUT2D eigenvalue weighted by atomic mass is 19.4. The van der Waals surface area contributed by atoms with Crippen LogP contribution in [-0.2, 0) is 22.3 Å². The molecule has 1 aliphatic rings. The van der Waals surface area contributed by atoms with E-state index in [1.807, 2.05) is 0 Å². The van der Waals surface area contributed by atoms with Gasteiger partial charge in [0.15, 0.2) is 0 Å². The number of piperidine rings is 1. The first kappa shape index (κ1) is 28.4. The van der Waals surface area contributed by atoms with Crippen molar-refractivity contribution in [3.05, 3.63) is 51.9 Å². The summed E-state index contributed by atoms with van der Waals surface area (Å²) in [4.78, 5) is 25.1. The molecule has 1 aromatic heterocycles. The van der Waals surface area contributed by atoms with Crippen molar-refractivity contribution in [2.24, 2.45) is 0 Å². The molecule has 204 valence electrons. The third kappa shape index (κ3) is 7.66. The molecule has 13 heteroatoms. The van der Waals surface area contributed by atoms with Crippen LogP contribution in [0.2, 0.25) is 0 Å². The van der Waals surface area contributed by atoms with Gasteiger partial charge in [0.25, 0.3) is 5.56 Å². The van der Waals surface area contributed by atoms with E-state index in [4.69, 9.17) is 9.47 Å². The molecule has 4 N–H and O–H groups in total. The lowest BCUT2D eigenvalue weighted by atomic mass is 10.0. The molecule has 1 aliphatic heterocycles. The Morgan fingerprint density at radius 3 is 2.62 bits per heavy atom. The number of hydrogen-bond donors (Lipinski definition) is 4. The first-order valence-corrected chi connectivity index (χ1v) is 11.9. The van der Waals surface area contributed by atoms with E-state index in [-0.39, 0.29) is 13.2 Å². The van der Waals surface area contributed by atoms with E-state index in [1.165, 1.54) is 14.0 Å². The minimum absolute atomic E-state index is 0.115. The van der Waals surface area contributed by atoms with Gasteiger partial charge in [0.05, 0.1) is 44.3 Å². The Bertz CT molecular complexity index is 1110. The Morgan fingerprint density at radius 1 is 1.30 bits per heavy atom. The summed E-state index contributed by atoms with van der Waals surface area (Å²) in [6.45, 7) is 3.84. The van der Waals surface area contributed by atoms with E-state index in [0.717, 1.165) is 10.9 Å². The molecule has 37 heavy (non-hydrogen) atoms. The zero-order valence-corrected chi connectivity index (χ0v) is 20.8. The number of alkyl halides is 3. The molecule has 4 atom stereocenters. The van der Waals surface area contributed by atoms with E-state index in [9.17, 15) is 27.9 Å². The molecule has 1 fully saturated rings. The van der Waals surface area contributed by atoms with Crippen LogP contribution in [0.25, 0.3) is 0 Å². The van der Waals surface area contributed by atoms with Crippen molar-refractivity contribution >= 4 is 11.6 Å². The molecular formula is C24H32F3N5O5. The number of aromatic nitrogens is 2. The summed E-state index contributed by atoms with van der Waals surface area (Å²) in [7, 11) is 1.49. The van der Waals surface area contributed by atoms with Gasteiger partial charge in [-0.15, -0.1) is 0 Å². The molecule has 10 nitrogen and oxygen atoms in total. The SMILES string of the molecule is COc1ccc(Cn2ncc(N[C@@H](C)COC(C)C(=O)N[C@@H]3CCNC[C@H]3O)c(C(F)(F)F)c2=O)cc1. The van der Waals surface area contributed by atoms with Crippen molar-refractivity contribution in [1.82, 2.24) is 20.4 Å². The predicted molar refractivity (Wildman–Crippen MR) is 130 cm³/mol. The van der Waals surface area contributed by atoms with E-state index < -0.39 is 53.2 Å². The molecule has 0 radical (unpaired) electrons. The van der Waals surface area contributed by atoms with Gasteiger partial charge in [0, 0.05) is 12.6 Å². The minimum atomic E-state index is -4.92. The second kappa shape index (κ2) is 12.4. The predicted octanol–water partition coefficient (Wildman–Crippen LogP) is 1.36. The molecule has 2 heterocycles. The third-order valence-corrected chi connectivity index (χ3v) is 5.96. The smallest absolute Gasteiger partial charge is 0.423 e. The van der Waals surface area contributed by atoms with Gasteiger partial charge >= 0.3 is 6.18 Å². The number of hydrogen-bond acceptors (Lipinski definition) is 8. The molecule has 0 saturated carbocycles. The average molecular weight is 528 g/mol. The fourth-order valence-electron chi connectivity index (χ4n) is 3.87. The summed E-state index contributed by atoms with van der Waals surface area (Å²) in [5.74, 6) is 0.142. The fraction of sp³-hybridized carbons (Fsp3) is 0.542. The zero-order valence-electron chi connectivity index (χ0n) is 20.8. The van der Waals surface area contributed by atoms with Gasteiger partial charge < -0.3 is 30.5 Å². The van der Waals surface area contributed by atoms with Gasteiger partial charge in [-0.1, -0.05) is 12.1 Å². The Morgan fingerprint density at radius 2 is 2.00 bits per heavy atom. The molecule has 1 amide bonds. The van der Waals surface area contributed by atoms with Crippen molar-refractivity contribution in [1.29, 1.82) is 0 Å². The van der Waals surface area contributed by atoms with E-state index in [0.29, 0.717) is 30.8 Å². The van der Waals surface area contributed by atoms with Gasteiger partial charge in [-0.25, -0.2) is 4.68 Å². The number of amides is 1. The molecule has 0 aliphatic carbocycles. The van der Waals surface area contributed by atoms with Gasteiger partial charge in [-0.2, -0.15) is 18.3 Å². The van der Waals surface area contributed by atoms with Gasteiger partial charge in [-0.3, -0.25) is 9.59 Å². The van der Waals surface area contributed by atoms with Gasteiger partial charge in [0.2, 0.25) is 5.91 Å². The van der Waals surface area contributed by atoms with Crippen LogP contribution in [0.5, 0.6) is 5.75 Å². The van der Waals surface area contributed by atoms with E-state index in [1.54, 1.807) is 31.2 Å². The maximum Gasteiger partial charge on any atom is 0.423 e. The van der Waals surface area contributed by atoms with E-state index >= 15 is 0 Å². The summed E-state index contributed by atoms with van der Waals surface area (Å²) in [6.07, 6.45) is -5.02. The van der Waals surface area contributed by atoms with Crippen LogP contribution in [0, 0.1) is 0 Å². The molecule has 1 saturated heterocycles. The number of aliphatic hydroxyl groups excluding tert-OH is 1. The molecule has 2 aromatic rings. The third-order valence-electron chi connectivity index (χ3n) is 5.96. The van der Waals surface area contributed by atoms with Crippen molar-refractivity contribution < 1.29 is 32.5 Å². The normalized spacial score (nSPS) is 19.6. The molecular weight excluding hydrogens is 495 g/mol. The topological polar surface area (TPSA) is 127 Å². The number of carbonyl (C=O) groups excluding carboxylic acids is 1. The molecule has 0 spiro atoms. The standard InChI is InChI=1S/C24H32F3N5O5/c1-14(13-37-15(2)22(34)31-18-8-9-28-11-20(18)33)30-19-10-29-32(23(35)21(19)24(25,26)27)12-16-4-6-17(36-3)7-5-16/h4-7,10,14-15,18,20,28,30,33H,8-9,11-13H2,1-3H3,(H,31,34)/t14-,15?,18+,20+/m0/s1. The van der Waals surface area contributed by atoms with Crippen molar-refractivity contribution in [2.45, 2.75) is 57.3 Å².